The average molecular weight is 496 g/mol. The third-order valence-corrected chi connectivity index (χ3v) is 6.03. The van der Waals surface area contributed by atoms with Crippen LogP contribution in [0.25, 0.3) is 0 Å². The number of aromatic nitrogens is 4. The zero-order chi connectivity index (χ0) is 19.9. The van der Waals surface area contributed by atoms with Crippen LogP contribution in [0.1, 0.15) is 45.3 Å². The highest BCUT2D eigenvalue weighted by Crippen LogP contribution is 2.49. The molecule has 150 valence electrons. The topological polar surface area (TPSA) is 85.2 Å². The normalized spacial score (nSPS) is 20.9. The number of nitrogens with zero attached hydrogens (tertiary/aromatic N) is 5. The van der Waals surface area contributed by atoms with Crippen LogP contribution in [0, 0.1) is 9.12 Å². The van der Waals surface area contributed by atoms with E-state index in [0.29, 0.717) is 0 Å². The number of piperidine rings is 1. The fourth-order valence-corrected chi connectivity index (χ4v) is 4.45. The van der Waals surface area contributed by atoms with Gasteiger partial charge in [-0.05, 0) is 62.3 Å². The molecule has 2 aliphatic rings. The minimum Gasteiger partial charge on any atom is -0.444 e. The molecular formula is C19H25IN6O2. The summed E-state index contributed by atoms with van der Waals surface area (Å²) in [5, 5.41) is 7.58. The molecule has 2 aliphatic heterocycles. The second kappa shape index (κ2) is 7.16. The molecule has 9 heteroatoms. The first-order valence-electron chi connectivity index (χ1n) is 9.50. The average Bonchev–Trinajstić information content (AvgIpc) is 3.16. The third-order valence-electron chi connectivity index (χ3n) is 5.47. The fraction of sp³-hybridized carbons (Fsp3) is 0.579. The minimum atomic E-state index is -0.525. The molecule has 4 rings (SSSR count). The van der Waals surface area contributed by atoms with Gasteiger partial charge >= 0.3 is 6.09 Å². The van der Waals surface area contributed by atoms with Crippen LogP contribution < -0.4 is 10.2 Å². The maximum Gasteiger partial charge on any atom is 0.408 e. The summed E-state index contributed by atoms with van der Waals surface area (Å²) in [4.78, 5) is 23.6. The first-order chi connectivity index (χ1) is 13.3. The number of amides is 1. The second-order valence-electron chi connectivity index (χ2n) is 8.54. The molecule has 28 heavy (non-hydrogen) atoms. The number of carbonyl (C=O) groups is 1. The number of alkyl carbamates (subject to hydrolysis) is 1. The predicted molar refractivity (Wildman–Crippen MR) is 113 cm³/mol. The molecule has 2 aromatic heterocycles. The van der Waals surface area contributed by atoms with Gasteiger partial charge in [-0.2, -0.15) is 5.10 Å². The smallest absolute Gasteiger partial charge is 0.408 e. The van der Waals surface area contributed by atoms with Crippen LogP contribution in [0.4, 0.5) is 10.6 Å². The number of ether oxygens (including phenoxy) is 1. The Morgan fingerprint density at radius 1 is 1.29 bits per heavy atom. The van der Waals surface area contributed by atoms with E-state index in [0.717, 1.165) is 47.7 Å². The zero-order valence-corrected chi connectivity index (χ0v) is 18.5. The van der Waals surface area contributed by atoms with E-state index in [9.17, 15) is 4.79 Å². The number of hydrogen-bond donors (Lipinski definition) is 1. The van der Waals surface area contributed by atoms with Gasteiger partial charge in [-0.25, -0.2) is 14.8 Å². The molecule has 1 amide bonds. The van der Waals surface area contributed by atoms with E-state index in [1.807, 2.05) is 37.7 Å². The van der Waals surface area contributed by atoms with Gasteiger partial charge in [0.05, 0.1) is 24.1 Å². The standard InChI is InChI=1S/C19H25IN6O2/c1-18(2,3)28-17(27)24-16-13-4-7-23-26(13)12-19(16)5-8-25(9-6-19)15-11-21-14(20)10-22-15/h4,7,10-11,16H,5-6,8-9,12H2,1-3H3,(H,24,27). The molecule has 1 N–H and O–H groups in total. The maximum atomic E-state index is 12.5. The Balaban J connectivity index is 1.50. The van der Waals surface area contributed by atoms with E-state index < -0.39 is 5.60 Å². The zero-order valence-electron chi connectivity index (χ0n) is 16.4. The number of nitrogens with one attached hydrogen (secondary N) is 1. The molecule has 1 saturated heterocycles. The van der Waals surface area contributed by atoms with E-state index in [4.69, 9.17) is 4.74 Å². The van der Waals surface area contributed by atoms with Crippen molar-refractivity contribution in [1.82, 2.24) is 25.1 Å². The quantitative estimate of drug-likeness (QED) is 0.644. The number of anilines is 1. The number of hydrogen-bond acceptors (Lipinski definition) is 6. The van der Waals surface area contributed by atoms with Crippen molar-refractivity contribution < 1.29 is 9.53 Å². The van der Waals surface area contributed by atoms with Gasteiger partial charge in [-0.1, -0.05) is 0 Å². The highest BCUT2D eigenvalue weighted by Gasteiger charge is 2.49. The lowest BCUT2D eigenvalue weighted by Crippen LogP contribution is -2.48. The molecule has 1 unspecified atom stereocenters. The third kappa shape index (κ3) is 3.81. The Morgan fingerprint density at radius 2 is 2.04 bits per heavy atom. The molecule has 1 atom stereocenters. The molecule has 0 saturated carbocycles. The largest absolute Gasteiger partial charge is 0.444 e. The Hall–Kier alpha value is -1.91. The summed E-state index contributed by atoms with van der Waals surface area (Å²) >= 11 is 2.16. The van der Waals surface area contributed by atoms with Crippen LogP contribution in [0.2, 0.25) is 0 Å². The predicted octanol–water partition coefficient (Wildman–Crippen LogP) is 3.14. The van der Waals surface area contributed by atoms with E-state index in [1.54, 1.807) is 12.4 Å². The maximum absolute atomic E-state index is 12.5. The van der Waals surface area contributed by atoms with Crippen molar-refractivity contribution >= 4 is 34.5 Å². The molecule has 0 radical (unpaired) electrons. The number of halogens is 1. The molecule has 0 bridgehead atoms. The van der Waals surface area contributed by atoms with E-state index in [1.165, 1.54) is 0 Å². The van der Waals surface area contributed by atoms with Crippen LogP contribution in [0.15, 0.2) is 24.7 Å². The van der Waals surface area contributed by atoms with E-state index in [-0.39, 0.29) is 17.6 Å². The number of fused-ring (bicyclic) bond motifs is 1. The molecule has 1 spiro atoms. The van der Waals surface area contributed by atoms with Crippen molar-refractivity contribution in [2.45, 2.75) is 51.8 Å². The lowest BCUT2D eigenvalue weighted by molar-refractivity contribution is 0.0423. The first kappa shape index (κ1) is 19.4. The summed E-state index contributed by atoms with van der Waals surface area (Å²) in [6, 6.07) is 1.89. The Morgan fingerprint density at radius 3 is 2.68 bits per heavy atom. The number of carbonyl (C=O) groups excluding carboxylic acids is 1. The first-order valence-corrected chi connectivity index (χ1v) is 10.6. The summed E-state index contributed by atoms with van der Waals surface area (Å²) < 4.78 is 8.42. The van der Waals surface area contributed by atoms with Crippen molar-refractivity contribution in [1.29, 1.82) is 0 Å². The monoisotopic (exact) mass is 496 g/mol. The Kier molecular flexibility index (Phi) is 4.96. The lowest BCUT2D eigenvalue weighted by atomic mass is 9.73. The molecule has 0 aromatic carbocycles. The van der Waals surface area contributed by atoms with E-state index in [2.05, 4.69) is 47.9 Å². The van der Waals surface area contributed by atoms with Crippen molar-refractivity contribution in [2.24, 2.45) is 5.41 Å². The second-order valence-corrected chi connectivity index (χ2v) is 9.64. The molecule has 8 nitrogen and oxygen atoms in total. The molecular weight excluding hydrogens is 471 g/mol. The van der Waals surface area contributed by atoms with Crippen LogP contribution in [-0.4, -0.2) is 44.5 Å². The van der Waals surface area contributed by atoms with Gasteiger partial charge in [0.25, 0.3) is 0 Å². The summed E-state index contributed by atoms with van der Waals surface area (Å²) in [7, 11) is 0. The molecule has 2 aromatic rings. The lowest BCUT2D eigenvalue weighted by Gasteiger charge is -2.42. The molecule has 4 heterocycles. The van der Waals surface area contributed by atoms with Gasteiger partial charge in [-0.3, -0.25) is 4.68 Å². The highest BCUT2D eigenvalue weighted by atomic mass is 127. The highest BCUT2D eigenvalue weighted by molar-refractivity contribution is 14.1. The fourth-order valence-electron chi connectivity index (χ4n) is 4.17. The number of rotatable bonds is 2. The SMILES string of the molecule is CC(C)(C)OC(=O)NC1c2ccnn2CC12CCN(c1cnc(I)cn1)CC2. The van der Waals surface area contributed by atoms with Gasteiger partial charge in [0.1, 0.15) is 15.1 Å². The van der Waals surface area contributed by atoms with Crippen LogP contribution in [-0.2, 0) is 11.3 Å². The summed E-state index contributed by atoms with van der Waals surface area (Å²) in [6.45, 7) is 8.17. The van der Waals surface area contributed by atoms with Crippen molar-refractivity contribution in [3.05, 3.63) is 34.1 Å². The summed E-state index contributed by atoms with van der Waals surface area (Å²) in [6.07, 6.45) is 6.91. The van der Waals surface area contributed by atoms with Gasteiger partial charge in [0.2, 0.25) is 0 Å². The summed E-state index contributed by atoms with van der Waals surface area (Å²) in [5.74, 6) is 0.905. The van der Waals surface area contributed by atoms with Gasteiger partial charge in [0, 0.05) is 31.2 Å². The van der Waals surface area contributed by atoms with Crippen molar-refractivity contribution in [3.8, 4) is 0 Å². The van der Waals surface area contributed by atoms with Crippen molar-refractivity contribution in [3.63, 3.8) is 0 Å². The summed E-state index contributed by atoms with van der Waals surface area (Å²) in [5.41, 5.74) is 0.463. The molecule has 0 aliphatic carbocycles. The van der Waals surface area contributed by atoms with Crippen LogP contribution in [0.3, 0.4) is 0 Å². The van der Waals surface area contributed by atoms with Crippen LogP contribution in [0.5, 0.6) is 0 Å². The van der Waals surface area contributed by atoms with Gasteiger partial charge in [0.15, 0.2) is 0 Å². The van der Waals surface area contributed by atoms with Crippen LogP contribution >= 0.6 is 22.6 Å². The molecule has 1 fully saturated rings. The Labute approximate surface area is 178 Å². The van der Waals surface area contributed by atoms with Gasteiger partial charge in [-0.15, -0.1) is 0 Å². The van der Waals surface area contributed by atoms with Gasteiger partial charge < -0.3 is 15.0 Å². The van der Waals surface area contributed by atoms with E-state index >= 15 is 0 Å². The Bertz CT molecular complexity index is 852. The van der Waals surface area contributed by atoms with Crippen molar-refractivity contribution in [2.75, 3.05) is 18.0 Å². The minimum absolute atomic E-state index is 0.0619.